The monoisotopic (exact) mass is 285 g/mol. The number of hydrogen-bond acceptors (Lipinski definition) is 4. The van der Waals surface area contributed by atoms with Crippen LogP contribution in [0.2, 0.25) is 5.02 Å². The van der Waals surface area contributed by atoms with Crippen LogP contribution in [0.25, 0.3) is 0 Å². The highest BCUT2D eigenvalue weighted by Crippen LogP contribution is 2.19. The molecular formula is C11H12ClN3O4. The molecule has 102 valence electrons. The Bertz CT molecular complexity index is 533. The second-order valence-corrected chi connectivity index (χ2v) is 4.18. The zero-order valence-corrected chi connectivity index (χ0v) is 10.5. The number of carbonyl (C=O) groups excluding carboxylic acids is 2. The van der Waals surface area contributed by atoms with Crippen molar-refractivity contribution in [3.8, 4) is 0 Å². The number of nitrogens with one attached hydrogen (secondary N) is 1. The smallest absolute Gasteiger partial charge is 0.326 e. The molecule has 0 spiro atoms. The minimum atomic E-state index is -1.39. The summed E-state index contributed by atoms with van der Waals surface area (Å²) in [5.74, 6) is -2.87. The van der Waals surface area contributed by atoms with Gasteiger partial charge < -0.3 is 21.9 Å². The van der Waals surface area contributed by atoms with Gasteiger partial charge in [-0.3, -0.25) is 9.59 Å². The Kier molecular flexibility index (Phi) is 4.71. The van der Waals surface area contributed by atoms with Gasteiger partial charge in [-0.05, 0) is 18.2 Å². The van der Waals surface area contributed by atoms with Crippen molar-refractivity contribution in [1.82, 2.24) is 5.32 Å². The summed E-state index contributed by atoms with van der Waals surface area (Å²) in [4.78, 5) is 33.3. The molecule has 0 unspecified atom stereocenters. The highest BCUT2D eigenvalue weighted by molar-refractivity contribution is 6.33. The molecule has 0 radical (unpaired) electrons. The Morgan fingerprint density at radius 2 is 2.00 bits per heavy atom. The highest BCUT2D eigenvalue weighted by Gasteiger charge is 2.22. The first-order valence-corrected chi connectivity index (χ1v) is 5.56. The summed E-state index contributed by atoms with van der Waals surface area (Å²) in [5, 5.41) is 11.2. The van der Waals surface area contributed by atoms with E-state index >= 15 is 0 Å². The van der Waals surface area contributed by atoms with Crippen molar-refractivity contribution in [2.24, 2.45) is 5.73 Å². The molecule has 7 nitrogen and oxygen atoms in total. The topological polar surface area (TPSA) is 136 Å². The normalized spacial score (nSPS) is 11.6. The largest absolute Gasteiger partial charge is 0.480 e. The first kappa shape index (κ1) is 14.8. The molecule has 0 aromatic heterocycles. The zero-order valence-electron chi connectivity index (χ0n) is 9.72. The van der Waals surface area contributed by atoms with Crippen molar-refractivity contribution >= 4 is 35.1 Å². The third kappa shape index (κ3) is 4.14. The number of nitrogen functional groups attached to an aromatic ring is 1. The van der Waals surface area contributed by atoms with E-state index in [4.69, 9.17) is 28.2 Å². The van der Waals surface area contributed by atoms with Crippen molar-refractivity contribution in [3.05, 3.63) is 28.8 Å². The van der Waals surface area contributed by atoms with E-state index in [-0.39, 0.29) is 10.6 Å². The molecule has 0 fully saturated rings. The van der Waals surface area contributed by atoms with Gasteiger partial charge >= 0.3 is 5.97 Å². The minimum Gasteiger partial charge on any atom is -0.480 e. The minimum absolute atomic E-state index is 0.134. The molecule has 0 aliphatic heterocycles. The lowest BCUT2D eigenvalue weighted by Crippen LogP contribution is -2.43. The Morgan fingerprint density at radius 1 is 1.37 bits per heavy atom. The van der Waals surface area contributed by atoms with Gasteiger partial charge in [-0.1, -0.05) is 11.6 Å². The second-order valence-electron chi connectivity index (χ2n) is 3.77. The number of carboxylic acids is 1. The van der Waals surface area contributed by atoms with E-state index in [1.807, 2.05) is 0 Å². The molecule has 0 saturated heterocycles. The Hall–Kier alpha value is -2.28. The number of anilines is 1. The van der Waals surface area contributed by atoms with Crippen LogP contribution in [0.4, 0.5) is 5.69 Å². The average Bonchev–Trinajstić information content (AvgIpc) is 2.31. The van der Waals surface area contributed by atoms with Crippen LogP contribution < -0.4 is 16.8 Å². The predicted octanol–water partition coefficient (Wildman–Crippen LogP) is -0.0194. The number of nitrogens with two attached hydrogens (primary N) is 2. The lowest BCUT2D eigenvalue weighted by molar-refractivity contribution is -0.140. The number of halogens is 1. The van der Waals surface area contributed by atoms with Gasteiger partial charge in [0.15, 0.2) is 0 Å². The van der Waals surface area contributed by atoms with Crippen molar-refractivity contribution in [1.29, 1.82) is 0 Å². The van der Waals surface area contributed by atoms with Crippen LogP contribution in [-0.4, -0.2) is 28.9 Å². The lowest BCUT2D eigenvalue weighted by atomic mass is 10.1. The fourth-order valence-electron chi connectivity index (χ4n) is 1.31. The maximum atomic E-state index is 11.8. The van der Waals surface area contributed by atoms with Gasteiger partial charge in [0.2, 0.25) is 5.91 Å². The highest BCUT2D eigenvalue weighted by atomic mass is 35.5. The van der Waals surface area contributed by atoms with Crippen LogP contribution in [0.15, 0.2) is 18.2 Å². The first-order valence-electron chi connectivity index (χ1n) is 5.18. The summed E-state index contributed by atoms with van der Waals surface area (Å²) in [6.07, 6.45) is -0.496. The molecule has 19 heavy (non-hydrogen) atoms. The van der Waals surface area contributed by atoms with E-state index in [1.165, 1.54) is 18.2 Å². The first-order chi connectivity index (χ1) is 8.81. The van der Waals surface area contributed by atoms with Crippen LogP contribution >= 0.6 is 11.6 Å². The standard InChI is InChI=1S/C11H12ClN3O4/c12-6-3-5(1-2-7(6)13)10(17)15-8(11(18)19)4-9(14)16/h1-3,8H,4,13H2,(H2,14,16)(H,15,17)(H,18,19)/t8-/m0/s1. The molecule has 0 heterocycles. The third-order valence-electron chi connectivity index (χ3n) is 2.27. The maximum Gasteiger partial charge on any atom is 0.326 e. The number of hydrogen-bond donors (Lipinski definition) is 4. The molecule has 1 aromatic rings. The van der Waals surface area contributed by atoms with Gasteiger partial charge in [0, 0.05) is 5.56 Å². The number of carbonyl (C=O) groups is 3. The van der Waals surface area contributed by atoms with Crippen LogP contribution in [0.5, 0.6) is 0 Å². The summed E-state index contributed by atoms with van der Waals surface area (Å²) < 4.78 is 0. The zero-order chi connectivity index (χ0) is 14.6. The fourth-order valence-corrected chi connectivity index (χ4v) is 1.49. The number of primary amides is 1. The van der Waals surface area contributed by atoms with Gasteiger partial charge in [-0.25, -0.2) is 4.79 Å². The SMILES string of the molecule is NC(=O)C[C@H](NC(=O)c1ccc(N)c(Cl)c1)C(=O)O. The molecular weight excluding hydrogens is 274 g/mol. The lowest BCUT2D eigenvalue weighted by Gasteiger charge is -2.13. The Labute approximate surface area is 113 Å². The molecule has 6 N–H and O–H groups in total. The molecule has 1 rings (SSSR count). The van der Waals surface area contributed by atoms with E-state index in [2.05, 4.69) is 5.32 Å². The molecule has 1 aromatic carbocycles. The van der Waals surface area contributed by atoms with E-state index in [0.29, 0.717) is 5.69 Å². The van der Waals surface area contributed by atoms with Crippen LogP contribution in [0, 0.1) is 0 Å². The van der Waals surface area contributed by atoms with Gasteiger partial charge in [0.1, 0.15) is 6.04 Å². The van der Waals surface area contributed by atoms with Crippen molar-refractivity contribution < 1.29 is 19.5 Å². The van der Waals surface area contributed by atoms with Gasteiger partial charge in [0.05, 0.1) is 17.1 Å². The average molecular weight is 286 g/mol. The van der Waals surface area contributed by atoms with Crippen LogP contribution in [-0.2, 0) is 9.59 Å². The van der Waals surface area contributed by atoms with Gasteiger partial charge in [0.25, 0.3) is 5.91 Å². The number of amides is 2. The van der Waals surface area contributed by atoms with E-state index in [0.717, 1.165) is 0 Å². The summed E-state index contributed by atoms with van der Waals surface area (Å²) in [6.45, 7) is 0. The quantitative estimate of drug-likeness (QED) is 0.564. The fraction of sp³-hybridized carbons (Fsp3) is 0.182. The van der Waals surface area contributed by atoms with Gasteiger partial charge in [-0.2, -0.15) is 0 Å². The molecule has 8 heteroatoms. The van der Waals surface area contributed by atoms with Crippen molar-refractivity contribution in [2.45, 2.75) is 12.5 Å². The summed E-state index contributed by atoms with van der Waals surface area (Å²) >= 11 is 5.75. The predicted molar refractivity (Wildman–Crippen MR) is 68.6 cm³/mol. The number of carboxylic acid groups (broad SMARTS) is 1. The molecule has 0 saturated carbocycles. The summed E-state index contributed by atoms with van der Waals surface area (Å²) in [5.41, 5.74) is 10.8. The van der Waals surface area contributed by atoms with Crippen molar-refractivity contribution in [3.63, 3.8) is 0 Å². The summed E-state index contributed by atoms with van der Waals surface area (Å²) in [7, 11) is 0. The third-order valence-corrected chi connectivity index (χ3v) is 2.60. The van der Waals surface area contributed by atoms with Crippen molar-refractivity contribution in [2.75, 3.05) is 5.73 Å². The Morgan fingerprint density at radius 3 is 2.47 bits per heavy atom. The maximum absolute atomic E-state index is 11.8. The molecule has 0 aliphatic rings. The molecule has 2 amide bonds. The van der Waals surface area contributed by atoms with Crippen LogP contribution in [0.3, 0.4) is 0 Å². The number of benzene rings is 1. The van der Waals surface area contributed by atoms with Gasteiger partial charge in [-0.15, -0.1) is 0 Å². The molecule has 0 aliphatic carbocycles. The van der Waals surface area contributed by atoms with Crippen LogP contribution in [0.1, 0.15) is 16.8 Å². The number of rotatable bonds is 5. The Balaban J connectivity index is 2.84. The molecule has 0 bridgehead atoms. The van der Waals surface area contributed by atoms with E-state index < -0.39 is 30.2 Å². The summed E-state index contributed by atoms with van der Waals surface area (Å²) in [6, 6.07) is 2.72. The van der Waals surface area contributed by atoms with E-state index in [9.17, 15) is 14.4 Å². The second kappa shape index (κ2) is 6.05. The molecule has 1 atom stereocenters. The number of aliphatic carboxylic acids is 1. The van der Waals surface area contributed by atoms with E-state index in [1.54, 1.807) is 0 Å².